The summed E-state index contributed by atoms with van der Waals surface area (Å²) in [7, 11) is 0. The molecule has 0 aromatic carbocycles. The molecule has 2 saturated heterocycles. The van der Waals surface area contributed by atoms with E-state index in [1.165, 1.54) is 0 Å². The number of carbonyl (C=O) groups is 3. The number of hydrogen-bond acceptors (Lipinski definition) is 6. The van der Waals surface area contributed by atoms with E-state index < -0.39 is 0 Å². The predicted octanol–water partition coefficient (Wildman–Crippen LogP) is 0.0227. The molecule has 0 aromatic heterocycles. The zero-order chi connectivity index (χ0) is 20.2. The molecule has 2 heterocycles. The minimum absolute atomic E-state index is 0.0672. The summed E-state index contributed by atoms with van der Waals surface area (Å²) in [5, 5.41) is 11.6. The number of ether oxygens (including phenoxy) is 2. The van der Waals surface area contributed by atoms with Gasteiger partial charge >= 0.3 is 6.03 Å². The number of fused-ring (bicyclic) bond motifs is 1. The van der Waals surface area contributed by atoms with E-state index in [2.05, 4.69) is 43.9 Å². The zero-order valence-electron chi connectivity index (χ0n) is 15.8. The number of rotatable bonds is 14. The van der Waals surface area contributed by atoms with Crippen LogP contribution in [-0.4, -0.2) is 84.9 Å². The SMILES string of the molecule is O=C(CCI)NCCCOCCNC(=O)CCOCC1SCC2NC(=O)NC21. The molecular formula is C17H29IN4O5S. The highest BCUT2D eigenvalue weighted by Crippen LogP contribution is 2.29. The lowest BCUT2D eigenvalue weighted by Crippen LogP contribution is -2.39. The number of thioether (sulfide) groups is 1. The smallest absolute Gasteiger partial charge is 0.315 e. The summed E-state index contributed by atoms with van der Waals surface area (Å²) in [6.45, 7) is 2.95. The summed E-state index contributed by atoms with van der Waals surface area (Å²) in [5.74, 6) is 0.894. The van der Waals surface area contributed by atoms with E-state index in [1.807, 2.05) is 0 Å². The largest absolute Gasteiger partial charge is 0.380 e. The fourth-order valence-corrected chi connectivity index (χ4v) is 4.82. The Morgan fingerprint density at radius 1 is 1.07 bits per heavy atom. The van der Waals surface area contributed by atoms with Crippen LogP contribution in [0.15, 0.2) is 0 Å². The second-order valence-electron chi connectivity index (χ2n) is 6.55. The zero-order valence-corrected chi connectivity index (χ0v) is 18.8. The van der Waals surface area contributed by atoms with E-state index in [1.54, 1.807) is 11.8 Å². The molecule has 2 aliphatic heterocycles. The van der Waals surface area contributed by atoms with Crippen LogP contribution in [0.2, 0.25) is 0 Å². The Morgan fingerprint density at radius 2 is 1.86 bits per heavy atom. The molecule has 0 spiro atoms. The molecule has 11 heteroatoms. The first-order chi connectivity index (χ1) is 13.6. The highest BCUT2D eigenvalue weighted by atomic mass is 127. The van der Waals surface area contributed by atoms with E-state index in [0.29, 0.717) is 52.4 Å². The molecule has 9 nitrogen and oxygen atoms in total. The second kappa shape index (κ2) is 13.4. The van der Waals surface area contributed by atoms with Crippen LogP contribution in [-0.2, 0) is 19.1 Å². The molecule has 0 aliphatic carbocycles. The number of amides is 4. The van der Waals surface area contributed by atoms with Gasteiger partial charge in [0.2, 0.25) is 11.8 Å². The van der Waals surface area contributed by atoms with Crippen molar-refractivity contribution in [3.63, 3.8) is 0 Å². The molecule has 3 unspecified atom stereocenters. The minimum Gasteiger partial charge on any atom is -0.380 e. The van der Waals surface area contributed by atoms with Crippen LogP contribution in [0.4, 0.5) is 4.79 Å². The molecular weight excluding hydrogens is 499 g/mol. The van der Waals surface area contributed by atoms with Gasteiger partial charge in [0.15, 0.2) is 0 Å². The third-order valence-electron chi connectivity index (χ3n) is 4.37. The number of alkyl halides is 1. The van der Waals surface area contributed by atoms with Gasteiger partial charge < -0.3 is 30.7 Å². The van der Waals surface area contributed by atoms with Gasteiger partial charge in [-0.3, -0.25) is 9.59 Å². The van der Waals surface area contributed by atoms with Crippen molar-refractivity contribution in [2.24, 2.45) is 0 Å². The Labute approximate surface area is 183 Å². The van der Waals surface area contributed by atoms with E-state index in [4.69, 9.17) is 9.47 Å². The summed E-state index contributed by atoms with van der Waals surface area (Å²) in [5.41, 5.74) is 0. The maximum absolute atomic E-state index is 11.8. The second-order valence-corrected chi connectivity index (χ2v) is 8.90. The molecule has 4 N–H and O–H groups in total. The Bertz CT molecular complexity index is 528. The molecule has 0 radical (unpaired) electrons. The van der Waals surface area contributed by atoms with Crippen molar-refractivity contribution in [2.75, 3.05) is 49.7 Å². The Hall–Kier alpha value is -0.790. The van der Waals surface area contributed by atoms with Crippen LogP contribution in [0, 0.1) is 0 Å². The fourth-order valence-electron chi connectivity index (χ4n) is 2.93. The Kier molecular flexibility index (Phi) is 11.3. The Balaban J connectivity index is 1.37. The summed E-state index contributed by atoms with van der Waals surface area (Å²) < 4.78 is 11.9. The number of carbonyl (C=O) groups excluding carboxylic acids is 3. The number of nitrogens with one attached hydrogen (secondary N) is 4. The highest BCUT2D eigenvalue weighted by Gasteiger charge is 2.43. The first kappa shape index (κ1) is 23.5. The van der Waals surface area contributed by atoms with Crippen molar-refractivity contribution in [1.29, 1.82) is 0 Å². The fraction of sp³-hybridized carbons (Fsp3) is 0.824. The average Bonchev–Trinajstić information content (AvgIpc) is 3.20. The third-order valence-corrected chi connectivity index (χ3v) is 6.32. The Morgan fingerprint density at radius 3 is 2.68 bits per heavy atom. The lowest BCUT2D eigenvalue weighted by Gasteiger charge is -2.16. The van der Waals surface area contributed by atoms with E-state index in [9.17, 15) is 14.4 Å². The summed E-state index contributed by atoms with van der Waals surface area (Å²) >= 11 is 3.95. The van der Waals surface area contributed by atoms with Crippen LogP contribution in [0.1, 0.15) is 19.3 Å². The number of urea groups is 1. The maximum atomic E-state index is 11.8. The molecule has 0 aromatic rings. The predicted molar refractivity (Wildman–Crippen MR) is 116 cm³/mol. The lowest BCUT2D eigenvalue weighted by atomic mass is 10.1. The molecule has 0 saturated carbocycles. The third kappa shape index (κ3) is 8.70. The monoisotopic (exact) mass is 528 g/mol. The van der Waals surface area contributed by atoms with Gasteiger partial charge in [-0.05, 0) is 6.42 Å². The molecule has 2 rings (SSSR count). The van der Waals surface area contributed by atoms with Crippen LogP contribution >= 0.6 is 34.4 Å². The van der Waals surface area contributed by atoms with Gasteiger partial charge in [-0.25, -0.2) is 4.79 Å². The standard InChI is InChI=1S/C17H29IN4O5S/c18-4-2-14(23)19-5-1-7-26-9-6-20-15(24)3-8-27-10-13-16-12(11-28-13)21-17(25)22-16/h12-13,16H,1-11H2,(H,19,23)(H,20,24)(H2,21,22,25). The van der Waals surface area contributed by atoms with Crippen molar-refractivity contribution in [2.45, 2.75) is 36.6 Å². The van der Waals surface area contributed by atoms with Gasteiger partial charge in [-0.1, -0.05) is 22.6 Å². The highest BCUT2D eigenvalue weighted by molar-refractivity contribution is 14.1. The van der Waals surface area contributed by atoms with Gasteiger partial charge in [0, 0.05) is 42.7 Å². The number of halogens is 1. The molecule has 2 fully saturated rings. The average molecular weight is 528 g/mol. The van der Waals surface area contributed by atoms with Crippen LogP contribution in [0.3, 0.4) is 0 Å². The van der Waals surface area contributed by atoms with E-state index in [0.717, 1.165) is 16.6 Å². The lowest BCUT2D eigenvalue weighted by molar-refractivity contribution is -0.122. The maximum Gasteiger partial charge on any atom is 0.315 e. The van der Waals surface area contributed by atoms with Crippen molar-refractivity contribution in [3.8, 4) is 0 Å². The van der Waals surface area contributed by atoms with Gasteiger partial charge in [-0.15, -0.1) is 0 Å². The van der Waals surface area contributed by atoms with Gasteiger partial charge in [0.25, 0.3) is 0 Å². The summed E-state index contributed by atoms with van der Waals surface area (Å²) in [4.78, 5) is 34.4. The number of hydrogen-bond donors (Lipinski definition) is 4. The molecule has 160 valence electrons. The van der Waals surface area contributed by atoms with Crippen molar-refractivity contribution in [3.05, 3.63) is 0 Å². The normalized spacial score (nSPS) is 23.0. The molecule has 28 heavy (non-hydrogen) atoms. The van der Waals surface area contributed by atoms with Gasteiger partial charge in [0.1, 0.15) is 0 Å². The van der Waals surface area contributed by atoms with Crippen molar-refractivity contribution < 1.29 is 23.9 Å². The molecule has 0 bridgehead atoms. The topological polar surface area (TPSA) is 118 Å². The summed E-state index contributed by atoms with van der Waals surface area (Å²) in [6, 6.07) is 0.188. The van der Waals surface area contributed by atoms with E-state index >= 15 is 0 Å². The van der Waals surface area contributed by atoms with Gasteiger partial charge in [0.05, 0.1) is 37.2 Å². The first-order valence-corrected chi connectivity index (χ1v) is 12.1. The molecule has 4 amide bonds. The van der Waals surface area contributed by atoms with E-state index in [-0.39, 0.29) is 35.2 Å². The van der Waals surface area contributed by atoms with Gasteiger partial charge in [-0.2, -0.15) is 11.8 Å². The van der Waals surface area contributed by atoms with Crippen molar-refractivity contribution in [1.82, 2.24) is 21.3 Å². The first-order valence-electron chi connectivity index (χ1n) is 9.53. The molecule has 2 aliphatic rings. The van der Waals surface area contributed by atoms with Crippen LogP contribution in [0.5, 0.6) is 0 Å². The van der Waals surface area contributed by atoms with Crippen LogP contribution < -0.4 is 21.3 Å². The van der Waals surface area contributed by atoms with Crippen molar-refractivity contribution >= 4 is 52.2 Å². The molecule has 3 atom stereocenters. The quantitative estimate of drug-likeness (QED) is 0.109. The van der Waals surface area contributed by atoms with Crippen LogP contribution in [0.25, 0.3) is 0 Å². The minimum atomic E-state index is -0.108. The summed E-state index contributed by atoms with van der Waals surface area (Å²) in [6.07, 6.45) is 1.61.